The van der Waals surface area contributed by atoms with Crippen LogP contribution in [-0.4, -0.2) is 48.3 Å². The number of nitro benzene ring substituents is 1. The minimum atomic E-state index is -0.517. The first-order valence-corrected chi connectivity index (χ1v) is 8.24. The number of benzene rings is 1. The third kappa shape index (κ3) is 5.23. The molecule has 1 fully saturated rings. The number of hydrogen-bond donors (Lipinski definition) is 1. The quantitative estimate of drug-likeness (QED) is 0.646. The highest BCUT2D eigenvalue weighted by Crippen LogP contribution is 2.29. The lowest BCUT2D eigenvalue weighted by Gasteiger charge is -2.24. The summed E-state index contributed by atoms with van der Waals surface area (Å²) in [5.74, 6) is 0.656. The van der Waals surface area contributed by atoms with Crippen molar-refractivity contribution in [2.24, 2.45) is 5.92 Å². The molecule has 1 aromatic carbocycles. The molecule has 1 N–H and O–H groups in total. The van der Waals surface area contributed by atoms with E-state index >= 15 is 0 Å². The predicted octanol–water partition coefficient (Wildman–Crippen LogP) is 3.27. The van der Waals surface area contributed by atoms with E-state index in [1.54, 1.807) is 17.0 Å². The molecule has 0 saturated carbocycles. The number of carbonyl (C=O) groups excluding carboxylic acids is 1. The lowest BCUT2D eigenvalue weighted by molar-refractivity contribution is -0.384. The van der Waals surface area contributed by atoms with Gasteiger partial charge in [-0.25, -0.2) is 4.79 Å². The zero-order chi connectivity index (χ0) is 18.6. The molecule has 8 heteroatoms. The Bertz CT molecular complexity index is 642. The Kier molecular flexibility index (Phi) is 5.71. The summed E-state index contributed by atoms with van der Waals surface area (Å²) in [4.78, 5) is 24.5. The molecule has 1 aliphatic rings. The molecule has 0 unspecified atom stereocenters. The molecule has 0 radical (unpaired) electrons. The number of ether oxygens (including phenoxy) is 2. The molecule has 0 spiro atoms. The highest BCUT2D eigenvalue weighted by molar-refractivity contribution is 5.68. The van der Waals surface area contributed by atoms with Crippen molar-refractivity contribution in [2.45, 2.75) is 32.8 Å². The Morgan fingerprint density at radius 3 is 2.76 bits per heavy atom. The van der Waals surface area contributed by atoms with E-state index in [2.05, 4.69) is 5.32 Å². The summed E-state index contributed by atoms with van der Waals surface area (Å²) in [5, 5.41) is 14.3. The number of nitrogens with zero attached hydrogens (tertiary/aromatic N) is 2. The summed E-state index contributed by atoms with van der Waals surface area (Å²) in [5.41, 5.74) is -0.0974. The highest BCUT2D eigenvalue weighted by Gasteiger charge is 2.30. The van der Waals surface area contributed by atoms with Crippen LogP contribution in [0.3, 0.4) is 0 Å². The lowest BCUT2D eigenvalue weighted by Crippen LogP contribution is -2.35. The van der Waals surface area contributed by atoms with Gasteiger partial charge in [0.25, 0.3) is 5.69 Å². The molecule has 1 heterocycles. The molecule has 2 rings (SSSR count). The molecule has 1 aliphatic heterocycles. The minimum absolute atomic E-state index is 0.0265. The van der Waals surface area contributed by atoms with E-state index in [1.165, 1.54) is 13.2 Å². The zero-order valence-corrected chi connectivity index (χ0v) is 15.1. The van der Waals surface area contributed by atoms with Crippen molar-refractivity contribution in [2.75, 3.05) is 32.1 Å². The maximum atomic E-state index is 12.1. The van der Waals surface area contributed by atoms with Gasteiger partial charge in [0.15, 0.2) is 0 Å². The van der Waals surface area contributed by atoms with Crippen molar-refractivity contribution in [3.63, 3.8) is 0 Å². The second-order valence-electron chi connectivity index (χ2n) is 7.10. The number of amides is 1. The lowest BCUT2D eigenvalue weighted by atomic mass is 10.1. The first kappa shape index (κ1) is 18.8. The predicted molar refractivity (Wildman–Crippen MR) is 94.1 cm³/mol. The van der Waals surface area contributed by atoms with Gasteiger partial charge in [0.05, 0.1) is 18.1 Å². The summed E-state index contributed by atoms with van der Waals surface area (Å²) in [6.07, 6.45) is 0.515. The van der Waals surface area contributed by atoms with Gasteiger partial charge in [-0.3, -0.25) is 10.1 Å². The van der Waals surface area contributed by atoms with Crippen LogP contribution in [0.4, 0.5) is 16.2 Å². The third-order valence-corrected chi connectivity index (χ3v) is 3.92. The van der Waals surface area contributed by atoms with E-state index in [-0.39, 0.29) is 17.7 Å². The molecular weight excluding hydrogens is 326 g/mol. The Balaban J connectivity index is 1.93. The van der Waals surface area contributed by atoms with Crippen molar-refractivity contribution >= 4 is 17.5 Å². The topological polar surface area (TPSA) is 93.9 Å². The number of methoxy groups -OCH3 is 1. The van der Waals surface area contributed by atoms with Crippen LogP contribution in [0.15, 0.2) is 18.2 Å². The number of anilines is 1. The van der Waals surface area contributed by atoms with Crippen molar-refractivity contribution in [3.8, 4) is 5.75 Å². The Hall–Kier alpha value is -2.51. The number of nitrogens with one attached hydrogen (secondary N) is 1. The van der Waals surface area contributed by atoms with E-state index in [9.17, 15) is 14.9 Å². The molecule has 1 amide bonds. The van der Waals surface area contributed by atoms with E-state index in [0.29, 0.717) is 31.1 Å². The van der Waals surface area contributed by atoms with Crippen molar-refractivity contribution in [3.05, 3.63) is 28.3 Å². The van der Waals surface area contributed by atoms with Crippen LogP contribution in [0.25, 0.3) is 0 Å². The van der Waals surface area contributed by atoms with Crippen LogP contribution in [0.1, 0.15) is 27.2 Å². The first-order valence-electron chi connectivity index (χ1n) is 8.24. The van der Waals surface area contributed by atoms with Crippen molar-refractivity contribution in [1.29, 1.82) is 0 Å². The van der Waals surface area contributed by atoms with Gasteiger partial charge in [-0.1, -0.05) is 0 Å². The van der Waals surface area contributed by atoms with E-state index in [1.807, 2.05) is 20.8 Å². The van der Waals surface area contributed by atoms with Gasteiger partial charge in [0.1, 0.15) is 17.0 Å². The van der Waals surface area contributed by atoms with Gasteiger partial charge < -0.3 is 19.7 Å². The maximum absolute atomic E-state index is 12.1. The average Bonchev–Trinajstić information content (AvgIpc) is 3.00. The molecule has 1 atom stereocenters. The van der Waals surface area contributed by atoms with E-state index in [4.69, 9.17) is 9.47 Å². The fourth-order valence-electron chi connectivity index (χ4n) is 2.68. The second kappa shape index (κ2) is 7.58. The van der Waals surface area contributed by atoms with Crippen molar-refractivity contribution < 1.29 is 19.2 Å². The Morgan fingerprint density at radius 1 is 1.44 bits per heavy atom. The molecule has 0 bridgehead atoms. The van der Waals surface area contributed by atoms with Gasteiger partial charge in [-0.2, -0.15) is 0 Å². The van der Waals surface area contributed by atoms with Gasteiger partial charge in [0, 0.05) is 19.6 Å². The molecular formula is C17H25N3O5. The molecule has 1 aromatic rings. The molecule has 25 heavy (non-hydrogen) atoms. The minimum Gasteiger partial charge on any atom is -0.496 e. The number of carbonyl (C=O) groups is 1. The molecule has 138 valence electrons. The molecule has 0 aliphatic carbocycles. The van der Waals surface area contributed by atoms with E-state index < -0.39 is 10.5 Å². The Morgan fingerprint density at radius 2 is 2.16 bits per heavy atom. The largest absolute Gasteiger partial charge is 0.496 e. The first-order chi connectivity index (χ1) is 11.7. The van der Waals surface area contributed by atoms with Crippen LogP contribution in [0, 0.1) is 16.0 Å². The third-order valence-electron chi connectivity index (χ3n) is 3.92. The number of nitro groups is 1. The summed E-state index contributed by atoms with van der Waals surface area (Å²) >= 11 is 0. The summed E-state index contributed by atoms with van der Waals surface area (Å²) < 4.78 is 10.4. The SMILES string of the molecule is COc1ccc(NC[C@@H]2CCN(C(=O)OC(C)(C)C)C2)c([N+](=O)[O-])c1. The van der Waals surface area contributed by atoms with Gasteiger partial charge in [-0.05, 0) is 45.2 Å². The summed E-state index contributed by atoms with van der Waals surface area (Å²) in [6.45, 7) is 7.26. The van der Waals surface area contributed by atoms with Crippen LogP contribution in [0.5, 0.6) is 5.75 Å². The summed E-state index contributed by atoms with van der Waals surface area (Å²) in [7, 11) is 1.47. The summed E-state index contributed by atoms with van der Waals surface area (Å²) in [6, 6.07) is 4.71. The van der Waals surface area contributed by atoms with Crippen LogP contribution >= 0.6 is 0 Å². The smallest absolute Gasteiger partial charge is 0.410 e. The standard InChI is InChI=1S/C17H25N3O5/c1-17(2,3)25-16(21)19-8-7-12(11-19)10-18-14-6-5-13(24-4)9-15(14)20(22)23/h5-6,9,12,18H,7-8,10-11H2,1-4H3/t12-/m0/s1. The average molecular weight is 351 g/mol. The van der Waals surface area contributed by atoms with E-state index in [0.717, 1.165) is 6.42 Å². The fraction of sp³-hybridized carbons (Fsp3) is 0.588. The molecule has 1 saturated heterocycles. The fourth-order valence-corrected chi connectivity index (χ4v) is 2.68. The van der Waals surface area contributed by atoms with Gasteiger partial charge >= 0.3 is 6.09 Å². The van der Waals surface area contributed by atoms with Gasteiger partial charge in [0.2, 0.25) is 0 Å². The maximum Gasteiger partial charge on any atom is 0.410 e. The number of likely N-dealkylation sites (tertiary alicyclic amines) is 1. The number of hydrogen-bond acceptors (Lipinski definition) is 6. The Labute approximate surface area is 147 Å². The molecule has 0 aromatic heterocycles. The monoisotopic (exact) mass is 351 g/mol. The van der Waals surface area contributed by atoms with Gasteiger partial charge in [-0.15, -0.1) is 0 Å². The normalized spacial score (nSPS) is 17.3. The molecule has 8 nitrogen and oxygen atoms in total. The second-order valence-corrected chi connectivity index (χ2v) is 7.10. The number of rotatable bonds is 5. The zero-order valence-electron chi connectivity index (χ0n) is 15.1. The van der Waals surface area contributed by atoms with Crippen molar-refractivity contribution in [1.82, 2.24) is 4.90 Å². The van der Waals surface area contributed by atoms with Crippen LogP contribution < -0.4 is 10.1 Å². The van der Waals surface area contributed by atoms with Crippen LogP contribution in [0.2, 0.25) is 0 Å². The highest BCUT2D eigenvalue weighted by atomic mass is 16.6. The van der Waals surface area contributed by atoms with Crippen LogP contribution in [-0.2, 0) is 4.74 Å².